The molecule has 0 spiro atoms. The maximum absolute atomic E-state index is 13.2. The molecule has 106 valence electrons. The average Bonchev–Trinajstić information content (AvgIpc) is 2.42. The second-order valence-electron chi connectivity index (χ2n) is 4.57. The lowest BCUT2D eigenvalue weighted by Crippen LogP contribution is -2.18. The Balaban J connectivity index is 2.05. The first-order chi connectivity index (χ1) is 9.47. The van der Waals surface area contributed by atoms with Crippen LogP contribution < -0.4 is 5.32 Å². The molecule has 0 heterocycles. The van der Waals surface area contributed by atoms with Gasteiger partial charge in [0.2, 0.25) is 0 Å². The highest BCUT2D eigenvalue weighted by molar-refractivity contribution is 6.30. The summed E-state index contributed by atoms with van der Waals surface area (Å²) >= 11 is 5.91. The number of phenols is 1. The average molecular weight is 298 g/mol. The molecule has 0 unspecified atom stereocenters. The normalized spacial score (nSPS) is 12.4. The molecule has 1 atom stereocenters. The van der Waals surface area contributed by atoms with Crippen molar-refractivity contribution in [3.63, 3.8) is 0 Å². The van der Waals surface area contributed by atoms with Crippen LogP contribution in [0, 0.1) is 11.6 Å². The van der Waals surface area contributed by atoms with Gasteiger partial charge in [-0.15, -0.1) is 0 Å². The zero-order chi connectivity index (χ0) is 14.7. The molecule has 2 aromatic carbocycles. The quantitative estimate of drug-likeness (QED) is 0.887. The van der Waals surface area contributed by atoms with Crippen molar-refractivity contribution >= 4 is 11.6 Å². The number of nitrogens with one attached hydrogen (secondary N) is 1. The molecule has 0 bridgehead atoms. The third-order valence-electron chi connectivity index (χ3n) is 3.04. The minimum absolute atomic E-state index is 0.0198. The Hall–Kier alpha value is -1.65. The molecule has 2 rings (SSSR count). The third kappa shape index (κ3) is 3.46. The molecule has 0 aliphatic heterocycles. The van der Waals surface area contributed by atoms with Crippen LogP contribution in [0.25, 0.3) is 0 Å². The van der Waals surface area contributed by atoms with Gasteiger partial charge in [0.05, 0.1) is 0 Å². The van der Waals surface area contributed by atoms with Crippen LogP contribution in [0.5, 0.6) is 5.75 Å². The molecule has 0 radical (unpaired) electrons. The van der Waals surface area contributed by atoms with Crippen molar-refractivity contribution in [3.8, 4) is 5.75 Å². The van der Waals surface area contributed by atoms with Crippen LogP contribution in [0.1, 0.15) is 24.1 Å². The molecule has 0 aliphatic carbocycles. The van der Waals surface area contributed by atoms with Crippen molar-refractivity contribution in [3.05, 3.63) is 64.2 Å². The van der Waals surface area contributed by atoms with Crippen molar-refractivity contribution in [1.29, 1.82) is 0 Å². The van der Waals surface area contributed by atoms with E-state index in [4.69, 9.17) is 16.7 Å². The molecule has 0 aromatic heterocycles. The predicted octanol–water partition coefficient (Wildman–Crippen LogP) is 4.17. The molecule has 0 saturated carbocycles. The van der Waals surface area contributed by atoms with Gasteiger partial charge in [0.1, 0.15) is 0 Å². The van der Waals surface area contributed by atoms with Gasteiger partial charge < -0.3 is 10.4 Å². The number of hydrogen-bond acceptors (Lipinski definition) is 2. The highest BCUT2D eigenvalue weighted by Crippen LogP contribution is 2.22. The van der Waals surface area contributed by atoms with Crippen LogP contribution in [0.2, 0.25) is 5.02 Å². The summed E-state index contributed by atoms with van der Waals surface area (Å²) in [4.78, 5) is 0. The Bertz CT molecular complexity index is 596. The molecule has 0 aliphatic rings. The van der Waals surface area contributed by atoms with Crippen molar-refractivity contribution in [2.24, 2.45) is 0 Å². The largest absolute Gasteiger partial charge is 0.503 e. The Morgan fingerprint density at radius 3 is 2.45 bits per heavy atom. The third-order valence-corrected chi connectivity index (χ3v) is 3.27. The van der Waals surface area contributed by atoms with Gasteiger partial charge in [-0.3, -0.25) is 0 Å². The first-order valence-corrected chi connectivity index (χ1v) is 6.51. The van der Waals surface area contributed by atoms with Gasteiger partial charge in [0.15, 0.2) is 17.4 Å². The first kappa shape index (κ1) is 14.8. The molecule has 0 saturated heterocycles. The SMILES string of the molecule is C[C@@H](NCc1cc(F)c(O)c(F)c1)c1cccc(Cl)c1. The van der Waals surface area contributed by atoms with Crippen LogP contribution in [-0.2, 0) is 6.54 Å². The van der Waals surface area contributed by atoms with Gasteiger partial charge in [-0.1, -0.05) is 23.7 Å². The zero-order valence-corrected chi connectivity index (χ0v) is 11.6. The number of benzene rings is 2. The lowest BCUT2D eigenvalue weighted by molar-refractivity contribution is 0.394. The molecule has 0 fully saturated rings. The molecule has 2 N–H and O–H groups in total. The number of rotatable bonds is 4. The maximum Gasteiger partial charge on any atom is 0.187 e. The molecular formula is C15H14ClF2NO. The molecule has 20 heavy (non-hydrogen) atoms. The summed E-state index contributed by atoms with van der Waals surface area (Å²) in [5, 5.41) is 12.8. The smallest absolute Gasteiger partial charge is 0.187 e. The Labute approximate surface area is 121 Å². The summed E-state index contributed by atoms with van der Waals surface area (Å²) in [6.45, 7) is 2.21. The lowest BCUT2D eigenvalue weighted by atomic mass is 10.1. The summed E-state index contributed by atoms with van der Waals surface area (Å²) < 4.78 is 26.4. The van der Waals surface area contributed by atoms with E-state index in [1.807, 2.05) is 25.1 Å². The molecule has 5 heteroatoms. The predicted molar refractivity (Wildman–Crippen MR) is 74.7 cm³/mol. The monoisotopic (exact) mass is 297 g/mol. The van der Waals surface area contributed by atoms with Crippen molar-refractivity contribution in [2.45, 2.75) is 19.5 Å². The Kier molecular flexibility index (Phi) is 4.57. The minimum Gasteiger partial charge on any atom is -0.503 e. The summed E-state index contributed by atoms with van der Waals surface area (Å²) in [6.07, 6.45) is 0. The molecule has 2 aromatic rings. The fourth-order valence-electron chi connectivity index (χ4n) is 1.88. The number of halogens is 3. The molecular weight excluding hydrogens is 284 g/mol. The van der Waals surface area contributed by atoms with Gasteiger partial charge in [0, 0.05) is 17.6 Å². The summed E-state index contributed by atoms with van der Waals surface area (Å²) in [5.41, 5.74) is 1.41. The van der Waals surface area contributed by atoms with E-state index >= 15 is 0 Å². The van der Waals surface area contributed by atoms with Gasteiger partial charge >= 0.3 is 0 Å². The minimum atomic E-state index is -0.961. The van der Waals surface area contributed by atoms with Crippen LogP contribution >= 0.6 is 11.6 Å². The van der Waals surface area contributed by atoms with Gasteiger partial charge in [-0.25, -0.2) is 8.78 Å². The van der Waals surface area contributed by atoms with Crippen LogP contribution in [0.15, 0.2) is 36.4 Å². The molecule has 2 nitrogen and oxygen atoms in total. The van der Waals surface area contributed by atoms with E-state index in [0.717, 1.165) is 17.7 Å². The van der Waals surface area contributed by atoms with E-state index in [-0.39, 0.29) is 12.6 Å². The van der Waals surface area contributed by atoms with E-state index in [1.165, 1.54) is 0 Å². The summed E-state index contributed by atoms with van der Waals surface area (Å²) in [6, 6.07) is 9.57. The molecule has 0 amide bonds. The number of hydrogen-bond donors (Lipinski definition) is 2. The first-order valence-electron chi connectivity index (χ1n) is 6.13. The van der Waals surface area contributed by atoms with Crippen molar-refractivity contribution < 1.29 is 13.9 Å². The Morgan fingerprint density at radius 1 is 1.20 bits per heavy atom. The van der Waals surface area contributed by atoms with Gasteiger partial charge in [-0.2, -0.15) is 0 Å². The highest BCUT2D eigenvalue weighted by Gasteiger charge is 2.11. The highest BCUT2D eigenvalue weighted by atomic mass is 35.5. The second-order valence-corrected chi connectivity index (χ2v) is 5.00. The van der Waals surface area contributed by atoms with Crippen LogP contribution in [-0.4, -0.2) is 5.11 Å². The van der Waals surface area contributed by atoms with Crippen LogP contribution in [0.4, 0.5) is 8.78 Å². The summed E-state index contributed by atoms with van der Waals surface area (Å²) in [7, 11) is 0. The zero-order valence-electron chi connectivity index (χ0n) is 10.8. The van der Waals surface area contributed by atoms with E-state index in [9.17, 15) is 8.78 Å². The van der Waals surface area contributed by atoms with E-state index < -0.39 is 17.4 Å². The van der Waals surface area contributed by atoms with Crippen LogP contribution in [0.3, 0.4) is 0 Å². The van der Waals surface area contributed by atoms with E-state index in [2.05, 4.69) is 5.32 Å². The topological polar surface area (TPSA) is 32.3 Å². The standard InChI is InChI=1S/C15H14ClF2NO/c1-9(11-3-2-4-12(16)7-11)19-8-10-5-13(17)15(20)14(18)6-10/h2-7,9,19-20H,8H2,1H3/t9-/m1/s1. The van der Waals surface area contributed by atoms with Crippen molar-refractivity contribution in [2.75, 3.05) is 0 Å². The Morgan fingerprint density at radius 2 is 1.85 bits per heavy atom. The van der Waals surface area contributed by atoms with E-state index in [1.54, 1.807) is 6.07 Å². The second kappa shape index (κ2) is 6.20. The lowest BCUT2D eigenvalue weighted by Gasteiger charge is -2.15. The fourth-order valence-corrected chi connectivity index (χ4v) is 2.08. The number of aromatic hydroxyl groups is 1. The van der Waals surface area contributed by atoms with Crippen molar-refractivity contribution in [1.82, 2.24) is 5.32 Å². The summed E-state index contributed by atoms with van der Waals surface area (Å²) in [5.74, 6) is -2.87. The van der Waals surface area contributed by atoms with Gasteiger partial charge in [0.25, 0.3) is 0 Å². The number of phenolic OH excluding ortho intramolecular Hbond substituents is 1. The van der Waals surface area contributed by atoms with E-state index in [0.29, 0.717) is 10.6 Å². The van der Waals surface area contributed by atoms with Gasteiger partial charge in [-0.05, 0) is 42.3 Å². The maximum atomic E-state index is 13.2. The fraction of sp³-hybridized carbons (Fsp3) is 0.200.